The Bertz CT molecular complexity index is 1070. The van der Waals surface area contributed by atoms with E-state index in [1.165, 1.54) is 0 Å². The first-order chi connectivity index (χ1) is 13.3. The molecule has 1 aromatic heterocycles. The van der Waals surface area contributed by atoms with Crippen molar-refractivity contribution in [1.29, 1.82) is 5.26 Å². The van der Waals surface area contributed by atoms with Gasteiger partial charge in [0.2, 0.25) is 0 Å². The van der Waals surface area contributed by atoms with Gasteiger partial charge in [-0.2, -0.15) is 5.26 Å². The minimum atomic E-state index is 0.669. The second-order valence-corrected chi connectivity index (χ2v) is 6.88. The summed E-state index contributed by atoms with van der Waals surface area (Å²) in [6.45, 7) is 0. The molecule has 0 bridgehead atoms. The second-order valence-electron chi connectivity index (χ2n) is 5.94. The first kappa shape index (κ1) is 17.1. The zero-order chi connectivity index (χ0) is 18.5. The molecule has 0 saturated heterocycles. The third kappa shape index (κ3) is 3.76. The molecule has 3 aromatic carbocycles. The monoisotopic (exact) mass is 368 g/mol. The second kappa shape index (κ2) is 7.90. The van der Waals surface area contributed by atoms with Crippen molar-refractivity contribution in [3.63, 3.8) is 0 Å². The van der Waals surface area contributed by atoms with E-state index in [-0.39, 0.29) is 0 Å². The first-order valence-electron chi connectivity index (χ1n) is 8.53. The van der Waals surface area contributed by atoms with E-state index in [9.17, 15) is 0 Å². The van der Waals surface area contributed by atoms with Gasteiger partial charge in [-0.1, -0.05) is 72.4 Å². The minimum Gasteiger partial charge on any atom is -0.270 e. The normalized spacial score (nSPS) is 10.5. The highest BCUT2D eigenvalue weighted by Crippen LogP contribution is 2.29. The van der Waals surface area contributed by atoms with Gasteiger partial charge in [0.25, 0.3) is 0 Å². The average molecular weight is 368 g/mol. The number of nitrogens with zero attached hydrogens (tertiary/aromatic N) is 4. The van der Waals surface area contributed by atoms with Crippen LogP contribution in [0, 0.1) is 11.3 Å². The Labute approximate surface area is 162 Å². The van der Waals surface area contributed by atoms with E-state index in [0.717, 1.165) is 33.5 Å². The van der Waals surface area contributed by atoms with Crippen molar-refractivity contribution in [2.45, 2.75) is 10.9 Å². The molecule has 27 heavy (non-hydrogen) atoms. The Balaban J connectivity index is 1.68. The highest BCUT2D eigenvalue weighted by molar-refractivity contribution is 7.98. The Morgan fingerprint density at radius 3 is 2.15 bits per heavy atom. The van der Waals surface area contributed by atoms with Crippen molar-refractivity contribution in [1.82, 2.24) is 14.8 Å². The van der Waals surface area contributed by atoms with Crippen LogP contribution in [0.2, 0.25) is 0 Å². The standard InChI is InChI=1S/C22H16N4S/c23-15-17-11-13-18(14-12-17)16-27-22-25-24-21(19-7-3-1-4-8-19)26(22)20-9-5-2-6-10-20/h1-14H,16H2. The summed E-state index contributed by atoms with van der Waals surface area (Å²) in [5.41, 5.74) is 3.87. The van der Waals surface area contributed by atoms with Crippen LogP contribution < -0.4 is 0 Å². The van der Waals surface area contributed by atoms with Gasteiger partial charge in [-0.25, -0.2) is 0 Å². The lowest BCUT2D eigenvalue weighted by molar-refractivity contribution is 0.886. The third-order valence-electron chi connectivity index (χ3n) is 4.13. The van der Waals surface area contributed by atoms with Gasteiger partial charge in [0.1, 0.15) is 0 Å². The number of nitriles is 1. The van der Waals surface area contributed by atoms with Crippen LogP contribution >= 0.6 is 11.8 Å². The predicted octanol–water partition coefficient (Wildman–Crippen LogP) is 5.10. The number of aromatic nitrogens is 3. The summed E-state index contributed by atoms with van der Waals surface area (Å²) in [4.78, 5) is 0. The minimum absolute atomic E-state index is 0.669. The molecule has 0 amide bonds. The van der Waals surface area contributed by atoms with Crippen molar-refractivity contribution >= 4 is 11.8 Å². The van der Waals surface area contributed by atoms with E-state index in [2.05, 4.69) is 33.0 Å². The van der Waals surface area contributed by atoms with E-state index >= 15 is 0 Å². The van der Waals surface area contributed by atoms with Crippen molar-refractivity contribution in [3.05, 3.63) is 96.1 Å². The van der Waals surface area contributed by atoms with Gasteiger partial charge in [-0.3, -0.25) is 4.57 Å². The van der Waals surface area contributed by atoms with Crippen LogP contribution in [0.25, 0.3) is 17.1 Å². The highest BCUT2D eigenvalue weighted by Gasteiger charge is 2.15. The summed E-state index contributed by atoms with van der Waals surface area (Å²) in [5.74, 6) is 1.58. The quantitative estimate of drug-likeness (QED) is 0.460. The van der Waals surface area contributed by atoms with Crippen molar-refractivity contribution in [2.75, 3.05) is 0 Å². The number of benzene rings is 3. The van der Waals surface area contributed by atoms with Crippen molar-refractivity contribution in [3.8, 4) is 23.1 Å². The van der Waals surface area contributed by atoms with Crippen LogP contribution in [0.5, 0.6) is 0 Å². The van der Waals surface area contributed by atoms with Gasteiger partial charge in [0, 0.05) is 17.0 Å². The fourth-order valence-corrected chi connectivity index (χ4v) is 3.68. The molecule has 5 heteroatoms. The lowest BCUT2D eigenvalue weighted by atomic mass is 10.2. The molecule has 0 fully saturated rings. The summed E-state index contributed by atoms with van der Waals surface area (Å²) in [5, 5.41) is 18.7. The van der Waals surface area contributed by atoms with Crippen LogP contribution in [-0.2, 0) is 5.75 Å². The average Bonchev–Trinajstić information content (AvgIpc) is 3.18. The predicted molar refractivity (Wildman–Crippen MR) is 108 cm³/mol. The van der Waals surface area contributed by atoms with Crippen molar-refractivity contribution < 1.29 is 0 Å². The molecule has 0 aliphatic heterocycles. The molecule has 4 rings (SSSR count). The number of hydrogen-bond acceptors (Lipinski definition) is 4. The molecular formula is C22H16N4S. The van der Waals surface area contributed by atoms with Crippen LogP contribution in [-0.4, -0.2) is 14.8 Å². The fraction of sp³-hybridized carbons (Fsp3) is 0.0455. The molecule has 0 N–H and O–H groups in total. The Hall–Kier alpha value is -3.36. The molecule has 1 heterocycles. The fourth-order valence-electron chi connectivity index (χ4n) is 2.77. The maximum atomic E-state index is 8.93. The molecule has 130 valence electrons. The third-order valence-corrected chi connectivity index (χ3v) is 5.13. The summed E-state index contributed by atoms with van der Waals surface area (Å²) in [6.07, 6.45) is 0. The lowest BCUT2D eigenvalue weighted by Crippen LogP contribution is -1.99. The van der Waals surface area contributed by atoms with Gasteiger partial charge in [0.15, 0.2) is 11.0 Å². The number of rotatable bonds is 5. The van der Waals surface area contributed by atoms with Gasteiger partial charge >= 0.3 is 0 Å². The molecule has 0 saturated carbocycles. The largest absolute Gasteiger partial charge is 0.270 e. The highest BCUT2D eigenvalue weighted by atomic mass is 32.2. The Kier molecular flexibility index (Phi) is 4.99. The molecule has 0 unspecified atom stereocenters. The van der Waals surface area contributed by atoms with E-state index in [0.29, 0.717) is 5.56 Å². The van der Waals surface area contributed by atoms with E-state index < -0.39 is 0 Å². The zero-order valence-electron chi connectivity index (χ0n) is 14.5. The van der Waals surface area contributed by atoms with Gasteiger partial charge in [0.05, 0.1) is 11.6 Å². The lowest BCUT2D eigenvalue weighted by Gasteiger charge is -2.10. The van der Waals surface area contributed by atoms with E-state index in [1.807, 2.05) is 72.8 Å². The smallest absolute Gasteiger partial charge is 0.196 e. The maximum Gasteiger partial charge on any atom is 0.196 e. The molecule has 0 radical (unpaired) electrons. The van der Waals surface area contributed by atoms with Crippen LogP contribution in [0.15, 0.2) is 90.1 Å². The molecule has 0 aliphatic rings. The van der Waals surface area contributed by atoms with Gasteiger partial charge in [-0.15, -0.1) is 10.2 Å². The number of hydrogen-bond donors (Lipinski definition) is 0. The summed E-state index contributed by atoms with van der Waals surface area (Å²) >= 11 is 1.63. The van der Waals surface area contributed by atoms with E-state index in [1.54, 1.807) is 11.8 Å². The molecule has 0 atom stereocenters. The van der Waals surface area contributed by atoms with Crippen LogP contribution in [0.4, 0.5) is 0 Å². The van der Waals surface area contributed by atoms with Crippen LogP contribution in [0.1, 0.15) is 11.1 Å². The molecule has 0 aliphatic carbocycles. The summed E-state index contributed by atoms with van der Waals surface area (Å²) in [6, 6.07) is 30.0. The summed E-state index contributed by atoms with van der Waals surface area (Å²) < 4.78 is 2.09. The zero-order valence-corrected chi connectivity index (χ0v) is 15.3. The van der Waals surface area contributed by atoms with E-state index in [4.69, 9.17) is 5.26 Å². The molecular weight excluding hydrogens is 352 g/mol. The Morgan fingerprint density at radius 1 is 0.815 bits per heavy atom. The van der Waals surface area contributed by atoms with Gasteiger partial charge < -0.3 is 0 Å². The summed E-state index contributed by atoms with van der Waals surface area (Å²) in [7, 11) is 0. The van der Waals surface area contributed by atoms with Gasteiger partial charge in [-0.05, 0) is 29.8 Å². The molecule has 4 nitrogen and oxygen atoms in total. The van der Waals surface area contributed by atoms with Crippen molar-refractivity contribution in [2.24, 2.45) is 0 Å². The van der Waals surface area contributed by atoms with Crippen LogP contribution in [0.3, 0.4) is 0 Å². The molecule has 4 aromatic rings. The SMILES string of the molecule is N#Cc1ccc(CSc2nnc(-c3ccccc3)n2-c2ccccc2)cc1. The maximum absolute atomic E-state index is 8.93. The number of thioether (sulfide) groups is 1. The first-order valence-corrected chi connectivity index (χ1v) is 9.52. The topological polar surface area (TPSA) is 54.5 Å². The number of para-hydroxylation sites is 1. The Morgan fingerprint density at radius 2 is 1.48 bits per heavy atom. The molecule has 0 spiro atoms.